The number of aliphatic hydroxyl groups is 1. The van der Waals surface area contributed by atoms with Gasteiger partial charge in [-0.05, 0) is 38.1 Å². The number of nitrogens with zero attached hydrogens (tertiary/aromatic N) is 4. The second-order valence-corrected chi connectivity index (χ2v) is 5.98. The third kappa shape index (κ3) is 3.18. The first kappa shape index (κ1) is 17.7. The average molecular weight is 354 g/mol. The first-order chi connectivity index (χ1) is 12.4. The summed E-state index contributed by atoms with van der Waals surface area (Å²) < 4.78 is 3.61. The van der Waals surface area contributed by atoms with Gasteiger partial charge in [-0.15, -0.1) is 6.58 Å². The lowest BCUT2D eigenvalue weighted by Crippen LogP contribution is -2.17. The molecule has 0 aliphatic heterocycles. The van der Waals surface area contributed by atoms with Crippen molar-refractivity contribution in [3.05, 3.63) is 53.9 Å². The van der Waals surface area contributed by atoms with Gasteiger partial charge >= 0.3 is 0 Å². The Hall–Kier alpha value is -3.13. The van der Waals surface area contributed by atoms with Crippen LogP contribution in [0.1, 0.15) is 34.9 Å². The molecule has 0 saturated heterocycles. The third-order valence-electron chi connectivity index (χ3n) is 4.12. The van der Waals surface area contributed by atoms with E-state index in [1.54, 1.807) is 29.0 Å². The summed E-state index contributed by atoms with van der Waals surface area (Å²) in [5.41, 5.74) is 8.63. The number of amides is 1. The van der Waals surface area contributed by atoms with E-state index >= 15 is 0 Å². The lowest BCUT2D eigenvalue weighted by molar-refractivity contribution is 0.100. The number of anilines is 1. The van der Waals surface area contributed by atoms with E-state index in [0.29, 0.717) is 35.8 Å². The first-order valence-corrected chi connectivity index (χ1v) is 8.34. The third-order valence-corrected chi connectivity index (χ3v) is 4.12. The molecule has 26 heavy (non-hydrogen) atoms. The average Bonchev–Trinajstić information content (AvgIpc) is 3.15. The van der Waals surface area contributed by atoms with Gasteiger partial charge < -0.3 is 20.7 Å². The van der Waals surface area contributed by atoms with Crippen LogP contribution in [-0.2, 0) is 13.1 Å². The van der Waals surface area contributed by atoms with E-state index in [1.807, 2.05) is 24.5 Å². The molecule has 0 fully saturated rings. The van der Waals surface area contributed by atoms with Crippen LogP contribution < -0.4 is 11.1 Å². The number of primary amides is 1. The SMILES string of the molecule is C=CCn1c(NC(O)c2cc(C)nn2CC)nc2cc(C(N)=O)ccc21. The smallest absolute Gasteiger partial charge is 0.248 e. The monoisotopic (exact) mass is 354 g/mol. The normalized spacial score (nSPS) is 12.3. The van der Waals surface area contributed by atoms with Crippen molar-refractivity contribution >= 4 is 22.9 Å². The Kier molecular flexibility index (Phi) is 4.77. The molecule has 1 aromatic carbocycles. The van der Waals surface area contributed by atoms with Gasteiger partial charge in [-0.2, -0.15) is 5.10 Å². The van der Waals surface area contributed by atoms with E-state index in [0.717, 1.165) is 11.2 Å². The lowest BCUT2D eigenvalue weighted by atomic mass is 10.2. The molecule has 0 radical (unpaired) electrons. The Morgan fingerprint density at radius 3 is 2.88 bits per heavy atom. The van der Waals surface area contributed by atoms with Gasteiger partial charge in [0.05, 0.1) is 22.4 Å². The molecule has 1 amide bonds. The minimum atomic E-state index is -0.980. The van der Waals surface area contributed by atoms with Gasteiger partial charge in [0.15, 0.2) is 6.23 Å². The van der Waals surface area contributed by atoms with Crippen molar-refractivity contribution < 1.29 is 9.90 Å². The summed E-state index contributed by atoms with van der Waals surface area (Å²) in [5.74, 6) is -0.0439. The number of fused-ring (bicyclic) bond motifs is 1. The molecule has 0 aliphatic carbocycles. The molecule has 4 N–H and O–H groups in total. The summed E-state index contributed by atoms with van der Waals surface area (Å²) in [4.78, 5) is 15.9. The fourth-order valence-corrected chi connectivity index (χ4v) is 2.94. The minimum Gasteiger partial charge on any atom is -0.368 e. The molecule has 0 aliphatic rings. The summed E-state index contributed by atoms with van der Waals surface area (Å²) >= 11 is 0. The summed E-state index contributed by atoms with van der Waals surface area (Å²) in [7, 11) is 0. The molecule has 8 heteroatoms. The Morgan fingerprint density at radius 1 is 1.46 bits per heavy atom. The predicted molar refractivity (Wildman–Crippen MR) is 99.7 cm³/mol. The van der Waals surface area contributed by atoms with Crippen molar-refractivity contribution in [1.82, 2.24) is 19.3 Å². The van der Waals surface area contributed by atoms with Crippen LogP contribution in [0.2, 0.25) is 0 Å². The maximum Gasteiger partial charge on any atom is 0.248 e. The number of aromatic nitrogens is 4. The first-order valence-electron chi connectivity index (χ1n) is 8.34. The summed E-state index contributed by atoms with van der Waals surface area (Å²) in [6.45, 7) is 8.74. The van der Waals surface area contributed by atoms with Gasteiger partial charge in [0.1, 0.15) is 0 Å². The number of benzene rings is 1. The molecule has 8 nitrogen and oxygen atoms in total. The Labute approximate surface area is 150 Å². The molecule has 3 rings (SSSR count). The highest BCUT2D eigenvalue weighted by Gasteiger charge is 2.18. The van der Waals surface area contributed by atoms with Crippen molar-refractivity contribution in [2.45, 2.75) is 33.2 Å². The molecular weight excluding hydrogens is 332 g/mol. The molecule has 2 aromatic heterocycles. The van der Waals surface area contributed by atoms with E-state index < -0.39 is 12.1 Å². The van der Waals surface area contributed by atoms with Gasteiger partial charge in [0.25, 0.3) is 0 Å². The highest BCUT2D eigenvalue weighted by atomic mass is 16.3. The zero-order chi connectivity index (χ0) is 18.8. The predicted octanol–water partition coefficient (Wildman–Crippen LogP) is 1.95. The van der Waals surface area contributed by atoms with Crippen LogP contribution in [0.3, 0.4) is 0 Å². The number of carbonyl (C=O) groups excluding carboxylic acids is 1. The number of aliphatic hydroxyl groups excluding tert-OH is 1. The number of allylic oxidation sites excluding steroid dienone is 1. The second-order valence-electron chi connectivity index (χ2n) is 5.98. The number of nitrogens with two attached hydrogens (primary N) is 1. The number of imidazole rings is 1. The molecule has 136 valence electrons. The maximum absolute atomic E-state index is 11.4. The Morgan fingerprint density at radius 2 is 2.23 bits per heavy atom. The van der Waals surface area contributed by atoms with Gasteiger partial charge in [0, 0.05) is 18.7 Å². The van der Waals surface area contributed by atoms with Gasteiger partial charge in [0.2, 0.25) is 11.9 Å². The van der Waals surface area contributed by atoms with Crippen LogP contribution in [0.4, 0.5) is 5.95 Å². The summed E-state index contributed by atoms with van der Waals surface area (Å²) in [6, 6.07) is 6.90. The Balaban J connectivity index is 2.01. The number of hydrogen-bond acceptors (Lipinski definition) is 5. The number of carbonyl (C=O) groups is 1. The molecule has 0 bridgehead atoms. The number of rotatable bonds is 7. The van der Waals surface area contributed by atoms with Crippen LogP contribution in [0.25, 0.3) is 11.0 Å². The minimum absolute atomic E-state index is 0.382. The van der Waals surface area contributed by atoms with Gasteiger partial charge in [-0.25, -0.2) is 4.98 Å². The summed E-state index contributed by atoms with van der Waals surface area (Å²) in [6.07, 6.45) is 0.758. The molecule has 1 atom stereocenters. The zero-order valence-corrected chi connectivity index (χ0v) is 14.8. The topological polar surface area (TPSA) is 111 Å². The fraction of sp³-hybridized carbons (Fsp3) is 0.278. The van der Waals surface area contributed by atoms with E-state index in [4.69, 9.17) is 5.73 Å². The van der Waals surface area contributed by atoms with Crippen LogP contribution in [0.15, 0.2) is 36.9 Å². The van der Waals surface area contributed by atoms with Crippen LogP contribution in [0.5, 0.6) is 0 Å². The standard InChI is InChI=1S/C18H22N6O2/c1-4-8-23-14-7-6-12(16(19)25)10-13(14)20-18(23)21-17(26)15-9-11(3)22-24(15)5-2/h4,6-7,9-10,17,26H,1,5,8H2,2-3H3,(H2,19,25)(H,20,21). The van der Waals surface area contributed by atoms with Crippen molar-refractivity contribution in [1.29, 1.82) is 0 Å². The Bertz CT molecular complexity index is 972. The van der Waals surface area contributed by atoms with Crippen LogP contribution in [0, 0.1) is 6.92 Å². The summed E-state index contributed by atoms with van der Waals surface area (Å²) in [5, 5.41) is 18.0. The van der Waals surface area contributed by atoms with Crippen LogP contribution >= 0.6 is 0 Å². The quantitative estimate of drug-likeness (QED) is 0.444. The number of hydrogen-bond donors (Lipinski definition) is 3. The van der Waals surface area contributed by atoms with Crippen molar-refractivity contribution in [2.24, 2.45) is 5.73 Å². The molecule has 0 saturated carbocycles. The largest absolute Gasteiger partial charge is 0.368 e. The van der Waals surface area contributed by atoms with E-state index in [9.17, 15) is 9.90 Å². The molecule has 1 unspecified atom stereocenters. The highest BCUT2D eigenvalue weighted by Crippen LogP contribution is 2.24. The van der Waals surface area contributed by atoms with E-state index in [-0.39, 0.29) is 0 Å². The van der Waals surface area contributed by atoms with Gasteiger partial charge in [-0.1, -0.05) is 6.08 Å². The van der Waals surface area contributed by atoms with E-state index in [1.165, 1.54) is 0 Å². The number of aryl methyl sites for hydroxylation is 2. The van der Waals surface area contributed by atoms with E-state index in [2.05, 4.69) is 22.0 Å². The van der Waals surface area contributed by atoms with Crippen molar-refractivity contribution in [3.8, 4) is 0 Å². The second kappa shape index (κ2) is 7.01. The fourth-order valence-electron chi connectivity index (χ4n) is 2.94. The van der Waals surface area contributed by atoms with Gasteiger partial charge in [-0.3, -0.25) is 9.48 Å². The van der Waals surface area contributed by atoms with Crippen molar-refractivity contribution in [2.75, 3.05) is 5.32 Å². The maximum atomic E-state index is 11.4. The van der Waals surface area contributed by atoms with Crippen molar-refractivity contribution in [3.63, 3.8) is 0 Å². The lowest BCUT2D eigenvalue weighted by Gasteiger charge is -2.15. The number of nitrogens with one attached hydrogen (secondary N) is 1. The zero-order valence-electron chi connectivity index (χ0n) is 14.8. The molecular formula is C18H22N6O2. The molecule has 2 heterocycles. The molecule has 3 aromatic rings. The highest BCUT2D eigenvalue weighted by molar-refractivity contribution is 5.96. The molecule has 0 spiro atoms. The van der Waals surface area contributed by atoms with Crippen LogP contribution in [-0.4, -0.2) is 30.3 Å².